The molecule has 1 heteroatoms. The first-order valence-corrected chi connectivity index (χ1v) is 9.31. The predicted molar refractivity (Wildman–Crippen MR) is 106 cm³/mol. The van der Waals surface area contributed by atoms with Gasteiger partial charge in [-0.2, -0.15) is 0 Å². The Labute approximate surface area is 149 Å². The van der Waals surface area contributed by atoms with Gasteiger partial charge in [0.25, 0.3) is 0 Å². The first-order valence-electron chi connectivity index (χ1n) is 9.31. The maximum atomic E-state index is 6.24. The maximum Gasteiger partial charge on any atom is 0.130 e. The van der Waals surface area contributed by atoms with Gasteiger partial charge >= 0.3 is 0 Å². The number of hydrogen-bond donors (Lipinski definition) is 0. The molecule has 2 rings (SSSR count). The van der Waals surface area contributed by atoms with Crippen molar-refractivity contribution in [1.82, 2.24) is 0 Å². The van der Waals surface area contributed by atoms with Gasteiger partial charge in [0.1, 0.15) is 11.5 Å². The van der Waals surface area contributed by atoms with Crippen LogP contribution in [0.4, 0.5) is 0 Å². The Hall–Kier alpha value is -1.76. The quantitative estimate of drug-likeness (QED) is 0.541. The van der Waals surface area contributed by atoms with Crippen LogP contribution in [0, 0.1) is 11.8 Å². The molecule has 0 amide bonds. The molecule has 2 aromatic rings. The average molecular weight is 327 g/mol. The zero-order valence-corrected chi connectivity index (χ0v) is 16.3. The molecule has 1 nitrogen and oxygen atoms in total. The zero-order chi connectivity index (χ0) is 17.9. The summed E-state index contributed by atoms with van der Waals surface area (Å²) >= 11 is 0. The van der Waals surface area contributed by atoms with E-state index in [-0.39, 0.29) is 0 Å². The summed E-state index contributed by atoms with van der Waals surface area (Å²) in [5.74, 6) is 3.23. The van der Waals surface area contributed by atoms with Crippen LogP contribution in [0.2, 0.25) is 0 Å². The Kier molecular flexibility index (Phi) is 9.22. The number of para-hydroxylation sites is 2. The summed E-state index contributed by atoms with van der Waals surface area (Å²) in [7, 11) is 0. The van der Waals surface area contributed by atoms with Gasteiger partial charge in [-0.15, -0.1) is 0 Å². The number of ether oxygens (including phenoxy) is 1. The molecule has 0 heterocycles. The number of hydrogen-bond acceptors (Lipinski definition) is 1. The van der Waals surface area contributed by atoms with Gasteiger partial charge in [-0.3, -0.25) is 0 Å². The van der Waals surface area contributed by atoms with Crippen molar-refractivity contribution in [1.29, 1.82) is 0 Å². The Morgan fingerprint density at radius 2 is 1.00 bits per heavy atom. The maximum absolute atomic E-state index is 6.24. The van der Waals surface area contributed by atoms with Crippen molar-refractivity contribution < 1.29 is 4.74 Å². The smallest absolute Gasteiger partial charge is 0.130 e. The van der Waals surface area contributed by atoms with Crippen molar-refractivity contribution >= 4 is 0 Å². The molecule has 24 heavy (non-hydrogen) atoms. The minimum atomic E-state index is 0.626. The highest BCUT2D eigenvalue weighted by Crippen LogP contribution is 2.30. The molecule has 0 aromatic heterocycles. The SMILES string of the molecule is CC(C)Cc1ccccc1Oc1ccccc1CC(C)C.CCC. The van der Waals surface area contributed by atoms with Crippen LogP contribution in [0.15, 0.2) is 48.5 Å². The first-order chi connectivity index (χ1) is 11.5. The van der Waals surface area contributed by atoms with Crippen molar-refractivity contribution in [2.45, 2.75) is 60.8 Å². The highest BCUT2D eigenvalue weighted by atomic mass is 16.5. The van der Waals surface area contributed by atoms with E-state index in [0.29, 0.717) is 11.8 Å². The van der Waals surface area contributed by atoms with Crippen LogP contribution in [0.25, 0.3) is 0 Å². The monoisotopic (exact) mass is 326 g/mol. The fourth-order valence-electron chi connectivity index (χ4n) is 2.54. The molecule has 132 valence electrons. The lowest BCUT2D eigenvalue weighted by Gasteiger charge is -2.16. The Bertz CT molecular complexity index is 533. The van der Waals surface area contributed by atoms with Crippen LogP contribution in [-0.2, 0) is 12.8 Å². The normalized spacial score (nSPS) is 10.5. The molecule has 0 aliphatic rings. The molecule has 0 N–H and O–H groups in total. The van der Waals surface area contributed by atoms with Crippen LogP contribution in [0.1, 0.15) is 59.1 Å². The van der Waals surface area contributed by atoms with E-state index in [0.717, 1.165) is 24.3 Å². The van der Waals surface area contributed by atoms with Crippen LogP contribution in [0.5, 0.6) is 11.5 Å². The summed E-state index contributed by atoms with van der Waals surface area (Å²) in [5, 5.41) is 0. The molecule has 0 saturated carbocycles. The zero-order valence-electron chi connectivity index (χ0n) is 16.3. The molecule has 0 spiro atoms. The number of rotatable bonds is 6. The molecule has 0 fully saturated rings. The minimum absolute atomic E-state index is 0.626. The van der Waals surface area contributed by atoms with E-state index in [1.165, 1.54) is 17.5 Å². The third-order valence-corrected chi connectivity index (χ3v) is 3.42. The van der Waals surface area contributed by atoms with Crippen LogP contribution >= 0.6 is 0 Å². The third-order valence-electron chi connectivity index (χ3n) is 3.42. The molecule has 0 bridgehead atoms. The van der Waals surface area contributed by atoms with Crippen LogP contribution in [0.3, 0.4) is 0 Å². The molecular formula is C23H34O. The van der Waals surface area contributed by atoms with Gasteiger partial charge in [0.2, 0.25) is 0 Å². The Balaban J connectivity index is 0.000000891. The summed E-state index contributed by atoms with van der Waals surface area (Å²) in [4.78, 5) is 0. The Morgan fingerprint density at radius 1 is 0.667 bits per heavy atom. The van der Waals surface area contributed by atoms with Crippen molar-refractivity contribution in [2.24, 2.45) is 11.8 Å². The highest BCUT2D eigenvalue weighted by molar-refractivity contribution is 5.41. The van der Waals surface area contributed by atoms with Gasteiger partial charge in [-0.05, 0) is 47.9 Å². The van der Waals surface area contributed by atoms with Crippen molar-refractivity contribution in [3.8, 4) is 11.5 Å². The summed E-state index contributed by atoms with van der Waals surface area (Å²) in [5.41, 5.74) is 2.57. The van der Waals surface area contributed by atoms with Gasteiger partial charge in [-0.1, -0.05) is 84.4 Å². The van der Waals surface area contributed by atoms with Gasteiger partial charge in [0.05, 0.1) is 0 Å². The predicted octanol–water partition coefficient (Wildman–Crippen LogP) is 7.29. The van der Waals surface area contributed by atoms with Crippen LogP contribution in [-0.4, -0.2) is 0 Å². The molecule has 0 unspecified atom stereocenters. The largest absolute Gasteiger partial charge is 0.457 e. The lowest BCUT2D eigenvalue weighted by molar-refractivity contribution is 0.460. The summed E-state index contributed by atoms with van der Waals surface area (Å²) in [6.07, 6.45) is 3.34. The van der Waals surface area contributed by atoms with Gasteiger partial charge in [0.15, 0.2) is 0 Å². The fraction of sp³-hybridized carbons (Fsp3) is 0.478. The van der Waals surface area contributed by atoms with Gasteiger partial charge < -0.3 is 4.74 Å². The molecule has 0 aliphatic carbocycles. The molecule has 0 aliphatic heterocycles. The second kappa shape index (κ2) is 10.9. The lowest BCUT2D eigenvalue weighted by atomic mass is 10.0. The highest BCUT2D eigenvalue weighted by Gasteiger charge is 2.10. The van der Waals surface area contributed by atoms with E-state index in [4.69, 9.17) is 4.74 Å². The van der Waals surface area contributed by atoms with E-state index in [1.54, 1.807) is 0 Å². The summed E-state index contributed by atoms with van der Waals surface area (Å²) in [6.45, 7) is 13.2. The Morgan fingerprint density at radius 3 is 1.33 bits per heavy atom. The summed E-state index contributed by atoms with van der Waals surface area (Å²) in [6, 6.07) is 16.7. The van der Waals surface area contributed by atoms with E-state index in [2.05, 4.69) is 77.9 Å². The van der Waals surface area contributed by atoms with E-state index < -0.39 is 0 Å². The minimum Gasteiger partial charge on any atom is -0.457 e. The molecule has 0 radical (unpaired) electrons. The average Bonchev–Trinajstić information content (AvgIpc) is 2.51. The topological polar surface area (TPSA) is 9.23 Å². The third kappa shape index (κ3) is 7.21. The molecular weight excluding hydrogens is 292 g/mol. The van der Waals surface area contributed by atoms with Crippen molar-refractivity contribution in [3.63, 3.8) is 0 Å². The van der Waals surface area contributed by atoms with Crippen molar-refractivity contribution in [3.05, 3.63) is 59.7 Å². The number of benzene rings is 2. The van der Waals surface area contributed by atoms with Crippen molar-refractivity contribution in [2.75, 3.05) is 0 Å². The second-order valence-corrected chi connectivity index (χ2v) is 7.22. The van der Waals surface area contributed by atoms with Crippen LogP contribution < -0.4 is 4.74 Å². The molecule has 0 atom stereocenters. The van der Waals surface area contributed by atoms with E-state index in [9.17, 15) is 0 Å². The first kappa shape index (κ1) is 20.3. The molecule has 2 aromatic carbocycles. The lowest BCUT2D eigenvalue weighted by Crippen LogP contribution is -2.00. The fourth-order valence-corrected chi connectivity index (χ4v) is 2.54. The second-order valence-electron chi connectivity index (χ2n) is 7.22. The summed E-state index contributed by atoms with van der Waals surface area (Å²) < 4.78 is 6.24. The molecule has 0 saturated heterocycles. The standard InChI is InChI=1S/C20H26O.C3H8/c1-15(2)13-17-9-5-7-11-19(17)21-20-12-8-6-10-18(20)14-16(3)4;1-3-2/h5-12,15-16H,13-14H2,1-4H3;3H2,1-2H3. The van der Waals surface area contributed by atoms with Gasteiger partial charge in [-0.25, -0.2) is 0 Å². The van der Waals surface area contributed by atoms with Gasteiger partial charge in [0, 0.05) is 0 Å². The van der Waals surface area contributed by atoms with E-state index >= 15 is 0 Å². The van der Waals surface area contributed by atoms with E-state index in [1.807, 2.05) is 12.1 Å².